The highest BCUT2D eigenvalue weighted by atomic mass is 19.1. The van der Waals surface area contributed by atoms with Crippen LogP contribution in [0.15, 0.2) is 48.5 Å². The lowest BCUT2D eigenvalue weighted by atomic mass is 10.2. The minimum Gasteiger partial charge on any atom is -0.454 e. The molecule has 2 aliphatic rings. The van der Waals surface area contributed by atoms with Crippen molar-refractivity contribution in [1.29, 1.82) is 5.26 Å². The summed E-state index contributed by atoms with van der Waals surface area (Å²) in [6, 6.07) is 16.4. The highest BCUT2D eigenvalue weighted by Crippen LogP contribution is 2.36. The van der Waals surface area contributed by atoms with Gasteiger partial charge >= 0.3 is 0 Å². The van der Waals surface area contributed by atoms with E-state index in [2.05, 4.69) is 15.9 Å². The number of aromatic nitrogens is 1. The van der Waals surface area contributed by atoms with Gasteiger partial charge in [-0.25, -0.2) is 4.39 Å². The Labute approximate surface area is 179 Å². The van der Waals surface area contributed by atoms with E-state index in [0.717, 1.165) is 49.2 Å². The van der Waals surface area contributed by atoms with Gasteiger partial charge < -0.3 is 29.6 Å². The molecular formula is C23H22FN5O2. The summed E-state index contributed by atoms with van der Waals surface area (Å²) in [7, 11) is 0. The first-order chi connectivity index (χ1) is 15.1. The molecule has 158 valence electrons. The van der Waals surface area contributed by atoms with Gasteiger partial charge in [-0.15, -0.1) is 0 Å². The van der Waals surface area contributed by atoms with Crippen molar-refractivity contribution >= 4 is 17.2 Å². The third-order valence-electron chi connectivity index (χ3n) is 5.80. The number of benzene rings is 2. The van der Waals surface area contributed by atoms with Crippen molar-refractivity contribution in [3.63, 3.8) is 0 Å². The van der Waals surface area contributed by atoms with Crippen molar-refractivity contribution in [1.82, 2.24) is 4.57 Å². The molecule has 31 heavy (non-hydrogen) atoms. The number of ether oxygens (including phenoxy) is 2. The van der Waals surface area contributed by atoms with Gasteiger partial charge in [0.1, 0.15) is 23.4 Å². The van der Waals surface area contributed by atoms with Crippen molar-refractivity contribution < 1.29 is 13.9 Å². The average Bonchev–Trinajstić information content (AvgIpc) is 3.39. The molecule has 0 saturated carbocycles. The van der Waals surface area contributed by atoms with Crippen LogP contribution in [0.1, 0.15) is 11.3 Å². The molecule has 0 amide bonds. The molecule has 1 fully saturated rings. The highest BCUT2D eigenvalue weighted by molar-refractivity contribution is 5.69. The molecule has 2 aromatic carbocycles. The highest BCUT2D eigenvalue weighted by Gasteiger charge is 2.25. The molecule has 0 aliphatic carbocycles. The summed E-state index contributed by atoms with van der Waals surface area (Å²) < 4.78 is 27.0. The monoisotopic (exact) mass is 419 g/mol. The molecular weight excluding hydrogens is 397 g/mol. The van der Waals surface area contributed by atoms with E-state index in [1.807, 2.05) is 22.8 Å². The zero-order chi connectivity index (χ0) is 21.4. The molecule has 0 radical (unpaired) electrons. The predicted octanol–water partition coefficient (Wildman–Crippen LogP) is 3.18. The second kappa shape index (κ2) is 7.76. The zero-order valence-electron chi connectivity index (χ0n) is 16.9. The van der Waals surface area contributed by atoms with Gasteiger partial charge in [-0.05, 0) is 24.3 Å². The lowest BCUT2D eigenvalue weighted by Crippen LogP contribution is -2.47. The van der Waals surface area contributed by atoms with Crippen LogP contribution >= 0.6 is 0 Å². The molecule has 0 atom stereocenters. The second-order valence-corrected chi connectivity index (χ2v) is 7.61. The Morgan fingerprint density at radius 1 is 0.968 bits per heavy atom. The standard InChI is InChI=1S/C23H22FN5O2/c24-19-4-2-1-3-16(19)14-29-18(13-25)11-20(26)23(29)28-9-7-27(8-10-28)17-5-6-21-22(12-17)31-15-30-21/h1-6,11-12H,7-10,14-15,26H2. The van der Waals surface area contributed by atoms with Crippen LogP contribution in [0.2, 0.25) is 0 Å². The molecule has 2 aliphatic heterocycles. The maximum Gasteiger partial charge on any atom is 0.231 e. The minimum atomic E-state index is -0.294. The van der Waals surface area contributed by atoms with Crippen molar-refractivity contribution in [3.05, 3.63) is 65.6 Å². The number of halogens is 1. The van der Waals surface area contributed by atoms with Gasteiger partial charge in [-0.2, -0.15) is 5.26 Å². The largest absolute Gasteiger partial charge is 0.454 e. The molecule has 2 N–H and O–H groups in total. The Hall–Kier alpha value is -3.86. The van der Waals surface area contributed by atoms with E-state index in [-0.39, 0.29) is 19.2 Å². The van der Waals surface area contributed by atoms with Gasteiger partial charge in [0.25, 0.3) is 0 Å². The van der Waals surface area contributed by atoms with E-state index in [4.69, 9.17) is 15.2 Å². The van der Waals surface area contributed by atoms with Crippen LogP contribution in [0.5, 0.6) is 11.5 Å². The van der Waals surface area contributed by atoms with E-state index < -0.39 is 0 Å². The maximum atomic E-state index is 14.3. The number of nitrogens with zero attached hydrogens (tertiary/aromatic N) is 4. The number of anilines is 3. The van der Waals surface area contributed by atoms with Gasteiger partial charge in [0.15, 0.2) is 11.5 Å². The molecule has 5 rings (SSSR count). The Bertz CT molecular complexity index is 1160. The summed E-state index contributed by atoms with van der Waals surface area (Å²) in [6.45, 7) is 3.53. The van der Waals surface area contributed by atoms with Gasteiger partial charge in [0.2, 0.25) is 6.79 Å². The first-order valence-electron chi connectivity index (χ1n) is 10.2. The van der Waals surface area contributed by atoms with Crippen LogP contribution in [-0.4, -0.2) is 37.5 Å². The Morgan fingerprint density at radius 3 is 2.48 bits per heavy atom. The summed E-state index contributed by atoms with van der Waals surface area (Å²) in [5, 5.41) is 9.60. The summed E-state index contributed by atoms with van der Waals surface area (Å²) >= 11 is 0. The van der Waals surface area contributed by atoms with Crippen LogP contribution in [-0.2, 0) is 6.54 Å². The fraction of sp³-hybridized carbons (Fsp3) is 0.261. The molecule has 7 nitrogen and oxygen atoms in total. The molecule has 3 aromatic rings. The fourth-order valence-corrected chi connectivity index (χ4v) is 4.22. The second-order valence-electron chi connectivity index (χ2n) is 7.61. The summed E-state index contributed by atoms with van der Waals surface area (Å²) in [5.74, 6) is 2.01. The van der Waals surface area contributed by atoms with E-state index in [1.54, 1.807) is 24.3 Å². The number of rotatable bonds is 4. The van der Waals surface area contributed by atoms with Crippen LogP contribution in [0.4, 0.5) is 21.6 Å². The molecule has 0 bridgehead atoms. The van der Waals surface area contributed by atoms with Crippen molar-refractivity contribution in [2.45, 2.75) is 6.54 Å². The third-order valence-corrected chi connectivity index (χ3v) is 5.80. The smallest absolute Gasteiger partial charge is 0.231 e. The lowest BCUT2D eigenvalue weighted by molar-refractivity contribution is 0.174. The molecule has 1 aromatic heterocycles. The number of nitrogens with two attached hydrogens (primary N) is 1. The third kappa shape index (κ3) is 3.48. The number of nitriles is 1. The van der Waals surface area contributed by atoms with Crippen molar-refractivity contribution in [2.24, 2.45) is 0 Å². The van der Waals surface area contributed by atoms with E-state index in [0.29, 0.717) is 16.9 Å². The average molecular weight is 419 g/mol. The summed E-state index contributed by atoms with van der Waals surface area (Å²) in [5.41, 5.74) is 8.86. The summed E-state index contributed by atoms with van der Waals surface area (Å²) in [4.78, 5) is 4.45. The number of piperazine rings is 1. The van der Waals surface area contributed by atoms with Crippen LogP contribution < -0.4 is 25.0 Å². The predicted molar refractivity (Wildman–Crippen MR) is 116 cm³/mol. The van der Waals surface area contributed by atoms with Crippen LogP contribution in [0, 0.1) is 17.1 Å². The Kier molecular flexibility index (Phi) is 4.79. The topological polar surface area (TPSA) is 79.7 Å². The SMILES string of the molecule is N#Cc1cc(N)c(N2CCN(c3ccc4c(c3)OCO4)CC2)n1Cc1ccccc1F. The number of hydrogen-bond donors (Lipinski definition) is 1. The first kappa shape index (κ1) is 19.1. The molecule has 3 heterocycles. The quantitative estimate of drug-likeness (QED) is 0.700. The molecule has 1 saturated heterocycles. The lowest BCUT2D eigenvalue weighted by Gasteiger charge is -2.38. The van der Waals surface area contributed by atoms with Crippen molar-refractivity contribution in [3.8, 4) is 17.6 Å². The fourth-order valence-electron chi connectivity index (χ4n) is 4.22. The zero-order valence-corrected chi connectivity index (χ0v) is 16.9. The van der Waals surface area contributed by atoms with Gasteiger partial charge in [0, 0.05) is 43.5 Å². The van der Waals surface area contributed by atoms with Crippen LogP contribution in [0.3, 0.4) is 0 Å². The summed E-state index contributed by atoms with van der Waals surface area (Å²) in [6.07, 6.45) is 0. The minimum absolute atomic E-state index is 0.254. The molecule has 8 heteroatoms. The van der Waals surface area contributed by atoms with E-state index in [1.165, 1.54) is 6.07 Å². The van der Waals surface area contributed by atoms with Gasteiger partial charge in [0.05, 0.1) is 12.2 Å². The Balaban J connectivity index is 1.37. The van der Waals surface area contributed by atoms with Gasteiger partial charge in [-0.1, -0.05) is 18.2 Å². The van der Waals surface area contributed by atoms with Crippen molar-refractivity contribution in [2.75, 3.05) is 48.5 Å². The number of fused-ring (bicyclic) bond motifs is 1. The van der Waals surface area contributed by atoms with Crippen LogP contribution in [0.25, 0.3) is 0 Å². The normalized spacial score (nSPS) is 15.2. The van der Waals surface area contributed by atoms with E-state index >= 15 is 0 Å². The molecule has 0 unspecified atom stereocenters. The molecule has 0 spiro atoms. The maximum absolute atomic E-state index is 14.3. The Morgan fingerprint density at radius 2 is 1.71 bits per heavy atom. The van der Waals surface area contributed by atoms with E-state index in [9.17, 15) is 9.65 Å². The number of nitrogen functional groups attached to an aromatic ring is 1. The first-order valence-corrected chi connectivity index (χ1v) is 10.2. The number of hydrogen-bond acceptors (Lipinski definition) is 6. The van der Waals surface area contributed by atoms with Gasteiger partial charge in [-0.3, -0.25) is 0 Å².